The zero-order chi connectivity index (χ0) is 35.9. The molecule has 272 valence electrons. The lowest BCUT2D eigenvalue weighted by molar-refractivity contribution is 0.0131. The van der Waals surface area contributed by atoms with Crippen LogP contribution in [-0.2, 0) is 26.5 Å². The molecule has 1 aromatic heterocycles. The van der Waals surface area contributed by atoms with Crippen LogP contribution in [0.5, 0.6) is 5.75 Å². The molecule has 2 amide bonds. The van der Waals surface area contributed by atoms with Crippen LogP contribution in [-0.4, -0.2) is 64.5 Å². The number of carbonyl (C=O) groups excluding carboxylic acids is 2. The molecule has 1 N–H and O–H groups in total. The standard InChI is InChI=1S/C40H51N5O5S/c1-26(2)45-22-32(20-41-45)39(47)43-51(48)23-28(4)8-6-10-36(49-5)33-14-12-31(33)21-44-24-40(17-7-9-29-18-27(3)11-15-34(29)40)25-50-37-16-13-30(19-35(37)44)38(46)42-51/h6,10-11,13,15-16,18-20,22,26,28,31,33,36H,7-9,12,14,17,21,23-25H2,1-5H3,(H,42,43,46,47,48)/b10-6+/t28-,31-,33+,36-,40-,51?/m0/s1. The Bertz CT molecular complexity index is 1960. The fraction of sp³-hybridized carbons (Fsp3) is 0.525. The van der Waals surface area contributed by atoms with Gasteiger partial charge in [0.2, 0.25) is 0 Å². The Morgan fingerprint density at radius 1 is 1.18 bits per heavy atom. The number of nitrogens with zero attached hydrogens (tertiary/aromatic N) is 4. The summed E-state index contributed by atoms with van der Waals surface area (Å²) in [5.41, 5.74) is 5.24. The number of allylic oxidation sites excluding steroid dienone is 1. The highest BCUT2D eigenvalue weighted by Crippen LogP contribution is 2.47. The molecule has 2 aliphatic heterocycles. The highest BCUT2D eigenvalue weighted by atomic mass is 32.2. The van der Waals surface area contributed by atoms with Gasteiger partial charge in [-0.2, -0.15) is 5.10 Å². The van der Waals surface area contributed by atoms with Crippen molar-refractivity contribution in [3.8, 4) is 5.75 Å². The van der Waals surface area contributed by atoms with E-state index in [-0.39, 0.29) is 34.8 Å². The number of ether oxygens (including phenoxy) is 2. The van der Waals surface area contributed by atoms with Crippen LogP contribution in [0.2, 0.25) is 0 Å². The van der Waals surface area contributed by atoms with Crippen molar-refractivity contribution in [3.05, 3.63) is 88.8 Å². The number of hydrogen-bond acceptors (Lipinski definition) is 7. The van der Waals surface area contributed by atoms with Gasteiger partial charge in [0.25, 0.3) is 11.8 Å². The van der Waals surface area contributed by atoms with E-state index >= 15 is 0 Å². The summed E-state index contributed by atoms with van der Waals surface area (Å²) in [6.45, 7) is 10.1. The number of amides is 2. The molecule has 1 spiro atoms. The predicted octanol–water partition coefficient (Wildman–Crippen LogP) is 6.84. The number of methoxy groups -OCH3 is 1. The maximum absolute atomic E-state index is 14.5. The second-order valence-corrected chi connectivity index (χ2v) is 17.6. The van der Waals surface area contributed by atoms with Gasteiger partial charge in [0, 0.05) is 43.4 Å². The van der Waals surface area contributed by atoms with Gasteiger partial charge in [-0.3, -0.25) is 19.0 Å². The average molecular weight is 714 g/mol. The number of hydrogen-bond donors (Lipinski definition) is 1. The van der Waals surface area contributed by atoms with Gasteiger partial charge in [0.05, 0.1) is 35.9 Å². The summed E-state index contributed by atoms with van der Waals surface area (Å²) in [6.07, 6.45) is 13.2. The van der Waals surface area contributed by atoms with Gasteiger partial charge in [-0.25, -0.2) is 4.21 Å². The first-order valence-electron chi connectivity index (χ1n) is 18.4. The van der Waals surface area contributed by atoms with Crippen molar-refractivity contribution in [2.75, 3.05) is 37.5 Å². The Hall–Kier alpha value is -3.96. The molecule has 1 fully saturated rings. The molecule has 4 aliphatic rings. The van der Waals surface area contributed by atoms with E-state index in [1.54, 1.807) is 24.1 Å². The van der Waals surface area contributed by atoms with Crippen LogP contribution in [0.1, 0.15) is 96.3 Å². The van der Waals surface area contributed by atoms with Crippen LogP contribution in [0.25, 0.3) is 0 Å². The number of rotatable bonds is 4. The number of carbonyl (C=O) groups is 2. The number of fused-ring (bicyclic) bond motifs is 4. The molecule has 2 aliphatic carbocycles. The summed E-state index contributed by atoms with van der Waals surface area (Å²) < 4.78 is 35.9. The fourth-order valence-electron chi connectivity index (χ4n) is 8.47. The highest BCUT2D eigenvalue weighted by molar-refractivity contribution is 7.92. The monoisotopic (exact) mass is 713 g/mol. The third kappa shape index (κ3) is 7.24. The SMILES string of the molecule is CO[C@H]1/C=C/C[C@H](C)CS(=O)(NC(=O)c2cnn(C(C)C)c2)=NC(=O)c2ccc3c(c2)N(C[C@@H]2CC[C@H]21)C[C@@]1(CCCc2cc(C)ccc21)CO3. The number of aryl methyl sites for hydroxylation is 2. The summed E-state index contributed by atoms with van der Waals surface area (Å²) >= 11 is 0. The lowest BCUT2D eigenvalue weighted by Gasteiger charge is -2.46. The van der Waals surface area contributed by atoms with Crippen LogP contribution in [0.15, 0.2) is 65.3 Å². The normalized spacial score (nSPS) is 29.9. The number of anilines is 1. The second-order valence-electron chi connectivity index (χ2n) is 15.6. The second kappa shape index (κ2) is 14.2. The summed E-state index contributed by atoms with van der Waals surface area (Å²) in [5, 5.41) is 4.26. The lowest BCUT2D eigenvalue weighted by atomic mass is 9.68. The van der Waals surface area contributed by atoms with Crippen molar-refractivity contribution in [1.82, 2.24) is 14.5 Å². The number of benzene rings is 2. The van der Waals surface area contributed by atoms with Gasteiger partial charge >= 0.3 is 0 Å². The molecular formula is C40H51N5O5S. The number of aromatic nitrogens is 2. The van der Waals surface area contributed by atoms with Gasteiger partial charge < -0.3 is 14.4 Å². The zero-order valence-corrected chi connectivity index (χ0v) is 31.3. The van der Waals surface area contributed by atoms with E-state index in [0.29, 0.717) is 30.4 Å². The summed E-state index contributed by atoms with van der Waals surface area (Å²) in [6, 6.07) is 12.3. The Kier molecular flexibility index (Phi) is 9.88. The van der Waals surface area contributed by atoms with Gasteiger partial charge in [-0.05, 0) is 106 Å². The van der Waals surface area contributed by atoms with Gasteiger partial charge in [0.1, 0.15) is 15.7 Å². The van der Waals surface area contributed by atoms with Crippen molar-refractivity contribution in [2.45, 2.75) is 83.8 Å². The van der Waals surface area contributed by atoms with E-state index in [0.717, 1.165) is 56.6 Å². The third-order valence-corrected chi connectivity index (χ3v) is 13.3. The first kappa shape index (κ1) is 35.4. The van der Waals surface area contributed by atoms with E-state index in [1.807, 2.05) is 32.9 Å². The Balaban J connectivity index is 1.29. The molecule has 6 atom stereocenters. The quantitative estimate of drug-likeness (QED) is 0.295. The van der Waals surface area contributed by atoms with Crippen molar-refractivity contribution >= 4 is 27.4 Å². The molecule has 10 nitrogen and oxygen atoms in total. The van der Waals surface area contributed by atoms with E-state index in [1.165, 1.54) is 22.9 Å². The Morgan fingerprint density at radius 3 is 2.76 bits per heavy atom. The van der Waals surface area contributed by atoms with E-state index < -0.39 is 21.7 Å². The average Bonchev–Trinajstić information content (AvgIpc) is 3.53. The van der Waals surface area contributed by atoms with E-state index in [2.05, 4.69) is 56.4 Å². The van der Waals surface area contributed by atoms with Crippen LogP contribution >= 0.6 is 0 Å². The van der Waals surface area contributed by atoms with Crippen molar-refractivity contribution in [3.63, 3.8) is 0 Å². The van der Waals surface area contributed by atoms with Gasteiger partial charge in [-0.15, -0.1) is 4.36 Å². The minimum atomic E-state index is -3.52. The third-order valence-electron chi connectivity index (χ3n) is 11.4. The van der Waals surface area contributed by atoms with E-state index in [4.69, 9.17) is 9.47 Å². The van der Waals surface area contributed by atoms with Crippen molar-refractivity contribution in [1.29, 1.82) is 0 Å². The van der Waals surface area contributed by atoms with Crippen LogP contribution in [0.3, 0.4) is 0 Å². The summed E-state index contributed by atoms with van der Waals surface area (Å²) in [5.74, 6) is 0.160. The molecule has 11 heteroatoms. The predicted molar refractivity (Wildman–Crippen MR) is 200 cm³/mol. The summed E-state index contributed by atoms with van der Waals surface area (Å²) in [4.78, 5) is 29.9. The molecule has 1 unspecified atom stereocenters. The molecule has 3 heterocycles. The minimum Gasteiger partial charge on any atom is -0.490 e. The molecular weight excluding hydrogens is 663 g/mol. The maximum Gasteiger partial charge on any atom is 0.286 e. The van der Waals surface area contributed by atoms with Crippen molar-refractivity contribution in [2.24, 2.45) is 22.1 Å². The summed E-state index contributed by atoms with van der Waals surface area (Å²) in [7, 11) is -1.75. The largest absolute Gasteiger partial charge is 0.490 e. The molecule has 0 saturated heterocycles. The van der Waals surface area contributed by atoms with Gasteiger partial charge in [0.15, 0.2) is 0 Å². The smallest absolute Gasteiger partial charge is 0.286 e. The maximum atomic E-state index is 14.5. The first-order chi connectivity index (χ1) is 24.5. The highest BCUT2D eigenvalue weighted by Gasteiger charge is 2.44. The molecule has 3 aromatic rings. The Labute approximate surface area is 302 Å². The van der Waals surface area contributed by atoms with Crippen LogP contribution in [0.4, 0.5) is 5.69 Å². The van der Waals surface area contributed by atoms with E-state index in [9.17, 15) is 13.8 Å². The lowest BCUT2D eigenvalue weighted by Crippen LogP contribution is -2.49. The zero-order valence-electron chi connectivity index (χ0n) is 30.5. The molecule has 1 saturated carbocycles. The molecule has 51 heavy (non-hydrogen) atoms. The first-order valence-corrected chi connectivity index (χ1v) is 20.1. The van der Waals surface area contributed by atoms with Crippen LogP contribution < -0.4 is 14.4 Å². The Morgan fingerprint density at radius 2 is 2.02 bits per heavy atom. The van der Waals surface area contributed by atoms with Gasteiger partial charge in [-0.1, -0.05) is 42.8 Å². The van der Waals surface area contributed by atoms with Crippen molar-refractivity contribution < 1.29 is 23.3 Å². The molecule has 7 rings (SSSR count). The van der Waals surface area contributed by atoms with Crippen LogP contribution in [0, 0.1) is 24.7 Å². The molecule has 2 bridgehead atoms. The minimum absolute atomic E-state index is 0.0123. The fourth-order valence-corrected chi connectivity index (χ4v) is 10.4. The number of nitrogens with one attached hydrogen (secondary N) is 1. The topological polar surface area (TPSA) is 115 Å². The molecule has 0 radical (unpaired) electrons. The molecule has 2 aromatic carbocycles.